The number of anilines is 1. The Morgan fingerprint density at radius 1 is 1.03 bits per heavy atom. The van der Waals surface area contributed by atoms with E-state index in [1.807, 2.05) is 36.4 Å². The van der Waals surface area contributed by atoms with Gasteiger partial charge in [-0.2, -0.15) is 0 Å². The zero-order valence-corrected chi connectivity index (χ0v) is 17.8. The normalized spacial score (nSPS) is 19.6. The Morgan fingerprint density at radius 3 is 2.52 bits per heavy atom. The molecule has 0 aliphatic carbocycles. The number of carbonyl (C=O) groups is 2. The highest BCUT2D eigenvalue weighted by molar-refractivity contribution is 5.89. The van der Waals surface area contributed by atoms with E-state index >= 15 is 0 Å². The molecule has 1 aromatic heterocycles. The molecular weight excluding hydrogens is 392 g/mol. The molecule has 0 saturated carbocycles. The molecule has 1 atom stereocenters. The summed E-state index contributed by atoms with van der Waals surface area (Å²) in [5.74, 6) is 0.603. The minimum atomic E-state index is -0.245. The summed E-state index contributed by atoms with van der Waals surface area (Å²) in [4.78, 5) is 39.8. The Bertz CT molecular complexity index is 855. The molecule has 2 amide bonds. The standard InChI is InChI=1S/C23H30N6O2/c30-21-16-20(18-29(21)17-19-6-2-1-3-7-19)22(31)24-10-5-11-27-12-14-28(15-13-27)23-25-8-4-9-26-23/h1-4,6-9,20H,5,10-18H2,(H,24,31). The number of nitrogens with zero attached hydrogens (tertiary/aromatic N) is 5. The Kier molecular flexibility index (Phi) is 7.09. The van der Waals surface area contributed by atoms with E-state index in [2.05, 4.69) is 25.1 Å². The summed E-state index contributed by atoms with van der Waals surface area (Å²) in [7, 11) is 0. The van der Waals surface area contributed by atoms with Crippen molar-refractivity contribution in [2.24, 2.45) is 5.92 Å². The number of rotatable bonds is 8. The molecule has 8 nitrogen and oxygen atoms in total. The lowest BCUT2D eigenvalue weighted by molar-refractivity contribution is -0.129. The maximum atomic E-state index is 12.5. The lowest BCUT2D eigenvalue weighted by Gasteiger charge is -2.34. The molecule has 31 heavy (non-hydrogen) atoms. The average molecular weight is 423 g/mol. The predicted molar refractivity (Wildman–Crippen MR) is 118 cm³/mol. The van der Waals surface area contributed by atoms with Crippen LogP contribution in [0.5, 0.6) is 0 Å². The molecule has 2 saturated heterocycles. The summed E-state index contributed by atoms with van der Waals surface area (Å²) in [6, 6.07) is 11.7. The van der Waals surface area contributed by atoms with Crippen molar-refractivity contribution in [3.8, 4) is 0 Å². The highest BCUT2D eigenvalue weighted by Crippen LogP contribution is 2.20. The number of likely N-dealkylation sites (tertiary alicyclic amines) is 1. The van der Waals surface area contributed by atoms with E-state index in [4.69, 9.17) is 0 Å². The van der Waals surface area contributed by atoms with Gasteiger partial charge in [0.1, 0.15) is 0 Å². The Balaban J connectivity index is 1.12. The van der Waals surface area contributed by atoms with Crippen molar-refractivity contribution in [1.82, 2.24) is 25.1 Å². The molecule has 1 aromatic carbocycles. The van der Waals surface area contributed by atoms with Gasteiger partial charge in [0, 0.05) is 64.6 Å². The van der Waals surface area contributed by atoms with E-state index in [1.54, 1.807) is 17.3 Å². The molecule has 1 unspecified atom stereocenters. The van der Waals surface area contributed by atoms with Crippen LogP contribution in [0.25, 0.3) is 0 Å². The van der Waals surface area contributed by atoms with Crippen LogP contribution < -0.4 is 10.2 Å². The van der Waals surface area contributed by atoms with Crippen molar-refractivity contribution >= 4 is 17.8 Å². The lowest BCUT2D eigenvalue weighted by Crippen LogP contribution is -2.47. The molecule has 0 bridgehead atoms. The van der Waals surface area contributed by atoms with Crippen LogP contribution in [-0.4, -0.2) is 77.4 Å². The van der Waals surface area contributed by atoms with E-state index in [-0.39, 0.29) is 17.7 Å². The highest BCUT2D eigenvalue weighted by atomic mass is 16.2. The van der Waals surface area contributed by atoms with Gasteiger partial charge in [-0.25, -0.2) is 9.97 Å². The minimum Gasteiger partial charge on any atom is -0.356 e. The predicted octanol–water partition coefficient (Wildman–Crippen LogP) is 1.15. The van der Waals surface area contributed by atoms with Crippen molar-refractivity contribution in [3.05, 3.63) is 54.4 Å². The Morgan fingerprint density at radius 2 is 1.77 bits per heavy atom. The van der Waals surface area contributed by atoms with E-state index in [0.717, 1.165) is 50.7 Å². The number of amides is 2. The number of piperazine rings is 1. The molecule has 2 aliphatic rings. The summed E-state index contributed by atoms with van der Waals surface area (Å²) in [6.07, 6.45) is 4.76. The van der Waals surface area contributed by atoms with Gasteiger partial charge in [0.05, 0.1) is 5.92 Å². The topological polar surface area (TPSA) is 81.7 Å². The van der Waals surface area contributed by atoms with Crippen molar-refractivity contribution < 1.29 is 9.59 Å². The highest BCUT2D eigenvalue weighted by Gasteiger charge is 2.34. The van der Waals surface area contributed by atoms with Gasteiger partial charge in [0.15, 0.2) is 0 Å². The van der Waals surface area contributed by atoms with E-state index in [9.17, 15) is 9.59 Å². The maximum absolute atomic E-state index is 12.5. The monoisotopic (exact) mass is 422 g/mol. The molecule has 0 radical (unpaired) electrons. The van der Waals surface area contributed by atoms with Gasteiger partial charge in [-0.1, -0.05) is 30.3 Å². The van der Waals surface area contributed by atoms with Crippen molar-refractivity contribution in [1.29, 1.82) is 0 Å². The fourth-order valence-electron chi connectivity index (χ4n) is 4.19. The number of aromatic nitrogens is 2. The van der Waals surface area contributed by atoms with Gasteiger partial charge in [0.2, 0.25) is 17.8 Å². The lowest BCUT2D eigenvalue weighted by atomic mass is 10.1. The van der Waals surface area contributed by atoms with Crippen LogP contribution in [0.15, 0.2) is 48.8 Å². The minimum absolute atomic E-state index is 0.00467. The Labute approximate surface area is 183 Å². The van der Waals surface area contributed by atoms with Crippen LogP contribution >= 0.6 is 0 Å². The summed E-state index contributed by atoms with van der Waals surface area (Å²) < 4.78 is 0. The molecule has 8 heteroatoms. The second-order valence-corrected chi connectivity index (χ2v) is 8.18. The number of hydrogen-bond donors (Lipinski definition) is 1. The van der Waals surface area contributed by atoms with E-state index in [1.165, 1.54) is 0 Å². The number of nitrogens with one attached hydrogen (secondary N) is 1. The molecule has 4 rings (SSSR count). The van der Waals surface area contributed by atoms with Gasteiger partial charge in [-0.3, -0.25) is 14.5 Å². The van der Waals surface area contributed by atoms with Crippen molar-refractivity contribution in [2.45, 2.75) is 19.4 Å². The van der Waals surface area contributed by atoms with Crippen molar-refractivity contribution in [2.75, 3.05) is 50.7 Å². The van der Waals surface area contributed by atoms with Gasteiger partial charge < -0.3 is 15.1 Å². The van der Waals surface area contributed by atoms with Crippen LogP contribution in [0.3, 0.4) is 0 Å². The van der Waals surface area contributed by atoms with Crippen LogP contribution in [0.1, 0.15) is 18.4 Å². The molecule has 0 spiro atoms. The molecule has 2 fully saturated rings. The van der Waals surface area contributed by atoms with Crippen LogP contribution in [0, 0.1) is 5.92 Å². The molecule has 2 aliphatic heterocycles. The second kappa shape index (κ2) is 10.3. The first-order chi connectivity index (χ1) is 15.2. The second-order valence-electron chi connectivity index (χ2n) is 8.18. The van der Waals surface area contributed by atoms with Crippen LogP contribution in [0.2, 0.25) is 0 Å². The van der Waals surface area contributed by atoms with Crippen LogP contribution in [0.4, 0.5) is 5.95 Å². The summed E-state index contributed by atoms with van der Waals surface area (Å²) in [6.45, 7) is 6.44. The summed E-state index contributed by atoms with van der Waals surface area (Å²) in [5.41, 5.74) is 1.09. The first kappa shape index (κ1) is 21.2. The summed E-state index contributed by atoms with van der Waals surface area (Å²) >= 11 is 0. The van der Waals surface area contributed by atoms with Gasteiger partial charge in [-0.15, -0.1) is 0 Å². The van der Waals surface area contributed by atoms with E-state index < -0.39 is 0 Å². The average Bonchev–Trinajstić information content (AvgIpc) is 3.18. The number of benzene rings is 1. The molecule has 2 aromatic rings. The summed E-state index contributed by atoms with van der Waals surface area (Å²) in [5, 5.41) is 3.03. The van der Waals surface area contributed by atoms with Gasteiger partial charge in [-0.05, 0) is 24.6 Å². The third-order valence-electron chi connectivity index (χ3n) is 5.96. The molecule has 164 valence electrons. The van der Waals surface area contributed by atoms with Crippen LogP contribution in [-0.2, 0) is 16.1 Å². The zero-order chi connectivity index (χ0) is 21.5. The number of hydrogen-bond acceptors (Lipinski definition) is 6. The molecule has 1 N–H and O–H groups in total. The zero-order valence-electron chi connectivity index (χ0n) is 17.8. The first-order valence-corrected chi connectivity index (χ1v) is 11.0. The van der Waals surface area contributed by atoms with Crippen molar-refractivity contribution in [3.63, 3.8) is 0 Å². The fourth-order valence-corrected chi connectivity index (χ4v) is 4.19. The van der Waals surface area contributed by atoms with Gasteiger partial charge >= 0.3 is 0 Å². The Hall–Kier alpha value is -3.00. The third-order valence-corrected chi connectivity index (χ3v) is 5.96. The molecule has 3 heterocycles. The number of carbonyl (C=O) groups excluding carboxylic acids is 2. The SMILES string of the molecule is O=C(NCCCN1CCN(c2ncccn2)CC1)C1CC(=O)N(Cc2ccccc2)C1. The van der Waals surface area contributed by atoms with E-state index in [0.29, 0.717) is 26.1 Å². The largest absolute Gasteiger partial charge is 0.356 e. The first-order valence-electron chi connectivity index (χ1n) is 11.0. The van der Waals surface area contributed by atoms with Gasteiger partial charge in [0.25, 0.3) is 0 Å². The quantitative estimate of drug-likeness (QED) is 0.643. The molecular formula is C23H30N6O2. The smallest absolute Gasteiger partial charge is 0.225 e. The fraction of sp³-hybridized carbons (Fsp3) is 0.478. The third kappa shape index (κ3) is 5.79. The maximum Gasteiger partial charge on any atom is 0.225 e.